The fourth-order valence-corrected chi connectivity index (χ4v) is 4.89. The molecule has 2 amide bonds. The summed E-state index contributed by atoms with van der Waals surface area (Å²) in [7, 11) is 0. The second kappa shape index (κ2) is 12.1. The van der Waals surface area contributed by atoms with Gasteiger partial charge < -0.3 is 9.47 Å². The van der Waals surface area contributed by atoms with Gasteiger partial charge in [0, 0.05) is 5.56 Å². The van der Waals surface area contributed by atoms with E-state index in [2.05, 4.69) is 0 Å². The quantitative estimate of drug-likeness (QED) is 0.271. The zero-order chi connectivity index (χ0) is 27.4. The SMILES string of the molecule is CCOC(=O)c1ccc(N2C(=O)C[C@H](N3CCC(C(=O)OCC(=O)c4ccc(Cl)c(Cl)c4)CC3)C2=O)cc1. The summed E-state index contributed by atoms with van der Waals surface area (Å²) in [6.45, 7) is 2.41. The minimum absolute atomic E-state index is 0.0335. The molecule has 1 atom stereocenters. The molecule has 0 aromatic heterocycles. The number of carbonyl (C=O) groups excluding carboxylic acids is 5. The van der Waals surface area contributed by atoms with Gasteiger partial charge in [-0.2, -0.15) is 0 Å². The number of hydrogen-bond acceptors (Lipinski definition) is 8. The van der Waals surface area contributed by atoms with Crippen molar-refractivity contribution in [1.82, 2.24) is 4.90 Å². The van der Waals surface area contributed by atoms with Crippen LogP contribution in [-0.2, 0) is 23.9 Å². The third-order valence-corrected chi connectivity index (χ3v) is 7.39. The standard InChI is InChI=1S/C27H26Cl2N2O7/c1-2-37-26(35)16-3-6-19(7-4-16)31-24(33)14-22(25(31)34)30-11-9-17(10-12-30)27(36)38-15-23(32)18-5-8-20(28)21(29)13-18/h3-8,13,17,22H,2,9-12,14-15H2,1H3/t22-/m0/s1. The fraction of sp³-hybridized carbons (Fsp3) is 0.370. The van der Waals surface area contributed by atoms with Gasteiger partial charge in [0.2, 0.25) is 5.91 Å². The third kappa shape index (κ3) is 6.06. The van der Waals surface area contributed by atoms with Crippen molar-refractivity contribution >= 4 is 58.4 Å². The number of rotatable bonds is 8. The number of hydrogen-bond donors (Lipinski definition) is 0. The van der Waals surface area contributed by atoms with Gasteiger partial charge in [-0.05, 0) is 75.3 Å². The number of halogens is 2. The van der Waals surface area contributed by atoms with Crippen LogP contribution in [0.15, 0.2) is 42.5 Å². The van der Waals surface area contributed by atoms with E-state index in [9.17, 15) is 24.0 Å². The summed E-state index contributed by atoms with van der Waals surface area (Å²) < 4.78 is 10.2. The van der Waals surface area contributed by atoms with E-state index in [0.29, 0.717) is 47.8 Å². The number of anilines is 1. The predicted octanol–water partition coefficient (Wildman–Crippen LogP) is 3.94. The lowest BCUT2D eigenvalue weighted by molar-refractivity contribution is -0.149. The van der Waals surface area contributed by atoms with Gasteiger partial charge in [0.15, 0.2) is 12.4 Å². The molecule has 2 saturated heterocycles. The summed E-state index contributed by atoms with van der Waals surface area (Å²) in [4.78, 5) is 65.6. The maximum absolute atomic E-state index is 13.1. The molecule has 2 aromatic rings. The van der Waals surface area contributed by atoms with E-state index >= 15 is 0 Å². The molecule has 2 aliphatic rings. The molecule has 2 fully saturated rings. The van der Waals surface area contributed by atoms with Gasteiger partial charge in [-0.25, -0.2) is 9.69 Å². The molecule has 2 heterocycles. The molecule has 0 bridgehead atoms. The number of amides is 2. The van der Waals surface area contributed by atoms with E-state index in [1.807, 2.05) is 4.90 Å². The predicted molar refractivity (Wildman–Crippen MR) is 139 cm³/mol. The molecule has 2 aromatic carbocycles. The van der Waals surface area contributed by atoms with Crippen LogP contribution in [0.25, 0.3) is 0 Å². The van der Waals surface area contributed by atoms with Crippen molar-refractivity contribution in [2.75, 3.05) is 31.2 Å². The van der Waals surface area contributed by atoms with Crippen LogP contribution in [0.4, 0.5) is 5.69 Å². The molecule has 0 saturated carbocycles. The monoisotopic (exact) mass is 560 g/mol. The van der Waals surface area contributed by atoms with Crippen LogP contribution in [0, 0.1) is 5.92 Å². The van der Waals surface area contributed by atoms with Crippen LogP contribution in [0.5, 0.6) is 0 Å². The summed E-state index contributed by atoms with van der Waals surface area (Å²) in [5.74, 6) is -2.42. The van der Waals surface area contributed by atoms with E-state index < -0.39 is 30.5 Å². The Balaban J connectivity index is 1.29. The van der Waals surface area contributed by atoms with Crippen LogP contribution < -0.4 is 4.90 Å². The Labute approximate surface area is 229 Å². The van der Waals surface area contributed by atoms with Crippen LogP contribution in [0.1, 0.15) is 46.9 Å². The Kier molecular flexibility index (Phi) is 8.81. The molecule has 2 aliphatic heterocycles. The molecule has 0 unspecified atom stereocenters. The number of ether oxygens (including phenoxy) is 2. The minimum atomic E-state index is -0.625. The fourth-order valence-electron chi connectivity index (χ4n) is 4.59. The molecule has 0 spiro atoms. The van der Waals surface area contributed by atoms with E-state index in [0.717, 1.165) is 4.90 Å². The number of Topliss-reactive ketones (excluding diaryl/α,β-unsaturated/α-hetero) is 1. The third-order valence-electron chi connectivity index (χ3n) is 6.65. The Hall–Kier alpha value is -3.27. The van der Waals surface area contributed by atoms with Crippen LogP contribution in [-0.4, -0.2) is 66.8 Å². The van der Waals surface area contributed by atoms with E-state index in [1.54, 1.807) is 19.1 Å². The van der Waals surface area contributed by atoms with Crippen molar-refractivity contribution < 1.29 is 33.4 Å². The first-order valence-electron chi connectivity index (χ1n) is 12.2. The summed E-state index contributed by atoms with van der Waals surface area (Å²) >= 11 is 11.8. The highest BCUT2D eigenvalue weighted by Crippen LogP contribution is 2.29. The smallest absolute Gasteiger partial charge is 0.338 e. The summed E-state index contributed by atoms with van der Waals surface area (Å²) in [6.07, 6.45) is 0.906. The second-order valence-corrected chi connectivity index (χ2v) is 9.84. The van der Waals surface area contributed by atoms with Gasteiger partial charge in [-0.15, -0.1) is 0 Å². The Morgan fingerprint density at radius 3 is 2.21 bits per heavy atom. The molecule has 0 N–H and O–H groups in total. The average molecular weight is 561 g/mol. The molecule has 200 valence electrons. The number of ketones is 1. The highest BCUT2D eigenvalue weighted by molar-refractivity contribution is 6.42. The number of likely N-dealkylation sites (tertiary alicyclic amines) is 1. The number of imide groups is 1. The lowest BCUT2D eigenvalue weighted by atomic mass is 9.95. The lowest BCUT2D eigenvalue weighted by Crippen LogP contribution is -2.47. The molecule has 9 nitrogen and oxygen atoms in total. The van der Waals surface area contributed by atoms with Gasteiger partial charge in [0.05, 0.1) is 46.3 Å². The molecule has 11 heteroatoms. The normalized spacial score (nSPS) is 18.5. The summed E-state index contributed by atoms with van der Waals surface area (Å²) in [5.41, 5.74) is 1.02. The van der Waals surface area contributed by atoms with Gasteiger partial charge in [-0.3, -0.25) is 24.1 Å². The Morgan fingerprint density at radius 2 is 1.58 bits per heavy atom. The Morgan fingerprint density at radius 1 is 0.921 bits per heavy atom. The van der Waals surface area contributed by atoms with E-state index in [-0.39, 0.29) is 35.6 Å². The summed E-state index contributed by atoms with van der Waals surface area (Å²) in [6, 6.07) is 9.95. The molecule has 38 heavy (non-hydrogen) atoms. The van der Waals surface area contributed by atoms with Crippen molar-refractivity contribution in [3.63, 3.8) is 0 Å². The first kappa shape index (κ1) is 27.8. The molecule has 4 rings (SSSR count). The average Bonchev–Trinajstić information content (AvgIpc) is 3.22. The zero-order valence-electron chi connectivity index (χ0n) is 20.7. The topological polar surface area (TPSA) is 110 Å². The Bertz CT molecular complexity index is 1260. The van der Waals surface area contributed by atoms with Gasteiger partial charge in [-0.1, -0.05) is 23.2 Å². The van der Waals surface area contributed by atoms with Crippen molar-refractivity contribution in [3.05, 3.63) is 63.6 Å². The van der Waals surface area contributed by atoms with Crippen molar-refractivity contribution in [1.29, 1.82) is 0 Å². The first-order chi connectivity index (χ1) is 18.2. The van der Waals surface area contributed by atoms with E-state index in [1.165, 1.54) is 30.3 Å². The highest BCUT2D eigenvalue weighted by atomic mass is 35.5. The van der Waals surface area contributed by atoms with Crippen LogP contribution in [0.2, 0.25) is 10.0 Å². The summed E-state index contributed by atoms with van der Waals surface area (Å²) in [5, 5.41) is 0.563. The zero-order valence-corrected chi connectivity index (χ0v) is 22.2. The molecular formula is C27H26Cl2N2O7. The van der Waals surface area contributed by atoms with Gasteiger partial charge >= 0.3 is 11.9 Å². The molecular weight excluding hydrogens is 535 g/mol. The number of piperidine rings is 1. The highest BCUT2D eigenvalue weighted by Gasteiger charge is 2.44. The maximum atomic E-state index is 13.1. The van der Waals surface area contributed by atoms with E-state index in [4.69, 9.17) is 32.7 Å². The molecule has 0 radical (unpaired) electrons. The first-order valence-corrected chi connectivity index (χ1v) is 13.0. The number of benzene rings is 2. The van der Waals surface area contributed by atoms with Gasteiger partial charge in [0.1, 0.15) is 0 Å². The molecule has 0 aliphatic carbocycles. The van der Waals surface area contributed by atoms with Crippen molar-refractivity contribution in [2.45, 2.75) is 32.2 Å². The van der Waals surface area contributed by atoms with Crippen LogP contribution in [0.3, 0.4) is 0 Å². The largest absolute Gasteiger partial charge is 0.462 e. The number of carbonyl (C=O) groups is 5. The second-order valence-electron chi connectivity index (χ2n) is 9.02. The maximum Gasteiger partial charge on any atom is 0.338 e. The number of esters is 2. The number of nitrogens with zero attached hydrogens (tertiary/aromatic N) is 2. The van der Waals surface area contributed by atoms with Crippen molar-refractivity contribution in [3.8, 4) is 0 Å². The lowest BCUT2D eigenvalue weighted by Gasteiger charge is -2.33. The minimum Gasteiger partial charge on any atom is -0.462 e. The van der Waals surface area contributed by atoms with Gasteiger partial charge in [0.25, 0.3) is 5.91 Å². The van der Waals surface area contributed by atoms with Crippen LogP contribution >= 0.6 is 23.2 Å². The van der Waals surface area contributed by atoms with Crippen molar-refractivity contribution in [2.24, 2.45) is 5.92 Å².